The summed E-state index contributed by atoms with van der Waals surface area (Å²) in [5.74, 6) is -1.30. The molecule has 1 amide bonds. The van der Waals surface area contributed by atoms with E-state index in [1.807, 2.05) is 4.90 Å². The zero-order valence-electron chi connectivity index (χ0n) is 20.3. The minimum absolute atomic E-state index is 0.0593. The fourth-order valence-corrected chi connectivity index (χ4v) is 6.42. The van der Waals surface area contributed by atoms with Crippen molar-refractivity contribution in [3.63, 3.8) is 0 Å². The van der Waals surface area contributed by atoms with E-state index in [4.69, 9.17) is 14.2 Å². The van der Waals surface area contributed by atoms with Gasteiger partial charge in [0.2, 0.25) is 5.91 Å². The Bertz CT molecular complexity index is 1170. The molecule has 5 heterocycles. The van der Waals surface area contributed by atoms with Gasteiger partial charge in [-0.3, -0.25) is 14.7 Å². The maximum atomic E-state index is 14.7. The number of likely N-dealkylation sites (tertiary alicyclic amines) is 1. The van der Waals surface area contributed by atoms with E-state index in [1.54, 1.807) is 0 Å². The third-order valence-corrected chi connectivity index (χ3v) is 8.59. The Balaban J connectivity index is 1.12. The highest BCUT2D eigenvalue weighted by Gasteiger charge is 2.52. The molecular formula is C26H32F2N4O4. The molecule has 6 aliphatic rings. The Morgan fingerprint density at radius 2 is 1.72 bits per heavy atom. The first-order valence-electron chi connectivity index (χ1n) is 13.3. The Labute approximate surface area is 208 Å². The number of piperidine rings is 1. The first-order chi connectivity index (χ1) is 17.5. The fourth-order valence-electron chi connectivity index (χ4n) is 6.42. The van der Waals surface area contributed by atoms with Gasteiger partial charge in [0.1, 0.15) is 23.5 Å². The van der Waals surface area contributed by atoms with Crippen LogP contribution in [-0.4, -0.2) is 97.8 Å². The van der Waals surface area contributed by atoms with E-state index in [0.29, 0.717) is 56.8 Å². The molecule has 1 aromatic rings. The molecule has 0 N–H and O–H groups in total. The molecule has 3 unspecified atom stereocenters. The third-order valence-electron chi connectivity index (χ3n) is 8.59. The number of nitrogens with zero attached hydrogens (tertiary/aromatic N) is 4. The number of carbonyl (C=O) groups is 1. The molecule has 0 radical (unpaired) electrons. The van der Waals surface area contributed by atoms with Crippen LogP contribution in [0.5, 0.6) is 0 Å². The van der Waals surface area contributed by atoms with Gasteiger partial charge in [-0.05, 0) is 18.9 Å². The van der Waals surface area contributed by atoms with Crippen LogP contribution in [-0.2, 0) is 19.0 Å². The van der Waals surface area contributed by atoms with Crippen molar-refractivity contribution in [3.05, 3.63) is 34.3 Å². The molecule has 1 aromatic carbocycles. The van der Waals surface area contributed by atoms with Gasteiger partial charge in [-0.25, -0.2) is 8.78 Å². The molecule has 194 valence electrons. The van der Waals surface area contributed by atoms with Gasteiger partial charge >= 0.3 is 0 Å². The lowest BCUT2D eigenvalue weighted by atomic mass is 9.92. The Morgan fingerprint density at radius 1 is 1.00 bits per heavy atom. The lowest BCUT2D eigenvalue weighted by Crippen LogP contribution is -2.52. The summed E-state index contributed by atoms with van der Waals surface area (Å²) in [5, 5.41) is 0.766. The van der Waals surface area contributed by atoms with Crippen molar-refractivity contribution >= 4 is 11.6 Å². The summed E-state index contributed by atoms with van der Waals surface area (Å²) >= 11 is 0. The quantitative estimate of drug-likeness (QED) is 0.557. The number of epoxide rings is 1. The highest BCUT2D eigenvalue weighted by atomic mass is 19.1. The fraction of sp³-hybridized carbons (Fsp3) is 0.692. The number of fused-ring (bicyclic) bond motifs is 1. The largest absolute Gasteiger partial charge is 0.373 e. The number of benzene rings is 1. The predicted octanol–water partition coefficient (Wildman–Crippen LogP) is 0.440. The van der Waals surface area contributed by atoms with Crippen molar-refractivity contribution in [2.75, 3.05) is 59.0 Å². The smallest absolute Gasteiger partial charge is 0.225 e. The Kier molecular flexibility index (Phi) is 5.57. The summed E-state index contributed by atoms with van der Waals surface area (Å²) < 4.78 is 47.1. The number of halogens is 2. The molecule has 36 heavy (non-hydrogen) atoms. The molecular weight excluding hydrogens is 470 g/mol. The van der Waals surface area contributed by atoms with Crippen LogP contribution < -0.4 is 10.6 Å². The molecule has 4 saturated heterocycles. The zero-order chi connectivity index (χ0) is 24.4. The van der Waals surface area contributed by atoms with Gasteiger partial charge in [0.25, 0.3) is 0 Å². The first kappa shape index (κ1) is 23.0. The number of ether oxygens (including phenoxy) is 3. The van der Waals surface area contributed by atoms with E-state index in [0.717, 1.165) is 50.8 Å². The van der Waals surface area contributed by atoms with Crippen LogP contribution in [0.4, 0.5) is 8.78 Å². The van der Waals surface area contributed by atoms with Crippen molar-refractivity contribution in [1.29, 1.82) is 0 Å². The van der Waals surface area contributed by atoms with E-state index < -0.39 is 17.4 Å². The summed E-state index contributed by atoms with van der Waals surface area (Å²) in [7, 11) is 0. The average Bonchev–Trinajstić information content (AvgIpc) is 3.82. The van der Waals surface area contributed by atoms with Crippen LogP contribution in [0, 0.1) is 23.5 Å². The molecule has 1 saturated carbocycles. The van der Waals surface area contributed by atoms with Crippen molar-refractivity contribution < 1.29 is 27.8 Å². The topological polar surface area (TPSA) is 70.1 Å². The number of hydrogen-bond donors (Lipinski definition) is 0. The van der Waals surface area contributed by atoms with Crippen LogP contribution in [0.2, 0.25) is 0 Å². The van der Waals surface area contributed by atoms with Crippen LogP contribution >= 0.6 is 0 Å². The number of piperazine rings is 1. The van der Waals surface area contributed by atoms with Gasteiger partial charge in [-0.2, -0.15) is 0 Å². The summed E-state index contributed by atoms with van der Waals surface area (Å²) in [6.07, 6.45) is 3.31. The number of amides is 1. The molecule has 5 fully saturated rings. The Morgan fingerprint density at radius 3 is 2.42 bits per heavy atom. The monoisotopic (exact) mass is 502 g/mol. The maximum Gasteiger partial charge on any atom is 0.225 e. The maximum absolute atomic E-state index is 14.7. The summed E-state index contributed by atoms with van der Waals surface area (Å²) in [6.45, 7) is 5.98. The van der Waals surface area contributed by atoms with Gasteiger partial charge in [-0.15, -0.1) is 0 Å². The van der Waals surface area contributed by atoms with E-state index in [-0.39, 0.29) is 29.5 Å². The number of hydrogen-bond acceptors (Lipinski definition) is 7. The summed E-state index contributed by atoms with van der Waals surface area (Å²) in [5.41, 5.74) is 0.918. The molecule has 1 aliphatic carbocycles. The van der Waals surface area contributed by atoms with E-state index in [1.165, 1.54) is 6.07 Å². The lowest BCUT2D eigenvalue weighted by Gasteiger charge is -2.42. The summed E-state index contributed by atoms with van der Waals surface area (Å²) in [6, 6.07) is 2.32. The highest BCUT2D eigenvalue weighted by Crippen LogP contribution is 2.41. The molecule has 1 spiro atoms. The highest BCUT2D eigenvalue weighted by molar-refractivity contribution is 5.81. The molecule has 0 aromatic heterocycles. The van der Waals surface area contributed by atoms with Gasteiger partial charge in [0, 0.05) is 80.9 Å². The van der Waals surface area contributed by atoms with Crippen molar-refractivity contribution in [1.82, 2.24) is 14.7 Å². The second kappa shape index (κ2) is 8.72. The van der Waals surface area contributed by atoms with Crippen molar-refractivity contribution in [2.24, 2.45) is 16.8 Å². The summed E-state index contributed by atoms with van der Waals surface area (Å²) in [4.78, 5) is 23.5. The molecule has 0 bridgehead atoms. The van der Waals surface area contributed by atoms with Gasteiger partial charge in [0.15, 0.2) is 11.6 Å². The lowest BCUT2D eigenvalue weighted by molar-refractivity contribution is -0.181. The van der Waals surface area contributed by atoms with Crippen LogP contribution in [0.25, 0.3) is 5.70 Å². The van der Waals surface area contributed by atoms with E-state index in [2.05, 4.69) is 14.8 Å². The number of rotatable bonds is 4. The van der Waals surface area contributed by atoms with Gasteiger partial charge in [-0.1, -0.05) is 0 Å². The van der Waals surface area contributed by atoms with Crippen molar-refractivity contribution in [3.8, 4) is 0 Å². The minimum atomic E-state index is -0.624. The standard InChI is InChI=1S/C26H32F2N4O4/c27-17-13-18-21(20(28)14-17)29-15-19(22(18)30-5-3-26(4-6-30)34-11-12-35-26)23-25(36-23)32-9-7-31(8-10-32)24(33)16-1-2-16/h13-14,16,19,23,25H,1-12,15H2. The number of carbonyl (C=O) groups excluding carboxylic acids is 1. The van der Waals surface area contributed by atoms with Gasteiger partial charge < -0.3 is 24.0 Å². The SMILES string of the molecule is O=C(C1CC1)N1CCN(C2OC2C2CN=c3c(F)cc(F)cc3=C2N2CCC3(CC2)OCCO3)CC1. The molecule has 5 aliphatic heterocycles. The third kappa shape index (κ3) is 4.02. The van der Waals surface area contributed by atoms with E-state index >= 15 is 0 Å². The van der Waals surface area contributed by atoms with E-state index in [9.17, 15) is 13.6 Å². The molecule has 3 atom stereocenters. The second-order valence-electron chi connectivity index (χ2n) is 10.8. The van der Waals surface area contributed by atoms with Gasteiger partial charge in [0.05, 0.1) is 19.8 Å². The first-order valence-corrected chi connectivity index (χ1v) is 13.3. The van der Waals surface area contributed by atoms with Crippen LogP contribution in [0.3, 0.4) is 0 Å². The van der Waals surface area contributed by atoms with Crippen molar-refractivity contribution in [2.45, 2.75) is 43.8 Å². The van der Waals surface area contributed by atoms with Crippen LogP contribution in [0.15, 0.2) is 17.1 Å². The minimum Gasteiger partial charge on any atom is -0.373 e. The normalized spacial score (nSPS) is 31.9. The average molecular weight is 503 g/mol. The molecule has 10 heteroatoms. The molecule has 7 rings (SSSR count). The molecule has 8 nitrogen and oxygen atoms in total. The Hall–Kier alpha value is -2.14. The predicted molar refractivity (Wildman–Crippen MR) is 124 cm³/mol. The zero-order valence-corrected chi connectivity index (χ0v) is 20.3. The van der Waals surface area contributed by atoms with Crippen LogP contribution in [0.1, 0.15) is 25.7 Å². The second-order valence-corrected chi connectivity index (χ2v) is 10.8.